The molecule has 0 unspecified atom stereocenters. The van der Waals surface area contributed by atoms with Gasteiger partial charge in [0, 0.05) is 29.0 Å². The third kappa shape index (κ3) is 4.32. The molecule has 154 valence electrons. The Bertz CT molecular complexity index is 1260. The van der Waals surface area contributed by atoms with Gasteiger partial charge in [0.1, 0.15) is 17.9 Å². The summed E-state index contributed by atoms with van der Waals surface area (Å²) < 4.78 is 15.8. The first-order valence-corrected chi connectivity index (χ1v) is 9.37. The maximum absolute atomic E-state index is 14.2. The van der Waals surface area contributed by atoms with Crippen LogP contribution in [0.15, 0.2) is 79.3 Å². The molecule has 0 aliphatic rings. The Hall–Kier alpha value is -4.33. The minimum Gasteiger partial charge on any atom is -0.507 e. The first-order valence-electron chi connectivity index (χ1n) is 9.37. The molecule has 0 saturated carbocycles. The quantitative estimate of drug-likeness (QED) is 0.271. The van der Waals surface area contributed by atoms with E-state index in [1.165, 1.54) is 24.7 Å². The first kappa shape index (κ1) is 20.0. The zero-order valence-corrected chi connectivity index (χ0v) is 16.2. The van der Waals surface area contributed by atoms with Gasteiger partial charge in [-0.3, -0.25) is 14.7 Å². The third-order valence-electron chi connectivity index (χ3n) is 4.68. The van der Waals surface area contributed by atoms with Crippen LogP contribution in [0, 0.1) is 5.82 Å². The van der Waals surface area contributed by atoms with Gasteiger partial charge in [-0.25, -0.2) is 9.37 Å². The molecule has 4 rings (SSSR count). The fourth-order valence-electron chi connectivity index (χ4n) is 3.12. The number of carbonyl (C=O) groups excluding carboxylic acids is 2. The van der Waals surface area contributed by atoms with E-state index in [1.54, 1.807) is 53.1 Å². The Labute approximate surface area is 176 Å². The zero-order valence-electron chi connectivity index (χ0n) is 16.2. The molecular weight excluding hydrogens is 399 g/mol. The number of benzene rings is 2. The van der Waals surface area contributed by atoms with Gasteiger partial charge in [-0.1, -0.05) is 48.5 Å². The van der Waals surface area contributed by atoms with Crippen molar-refractivity contribution in [1.82, 2.24) is 19.7 Å². The Morgan fingerprint density at radius 1 is 1.06 bits per heavy atom. The summed E-state index contributed by atoms with van der Waals surface area (Å²) in [5.74, 6) is -1.66. The van der Waals surface area contributed by atoms with Crippen molar-refractivity contribution in [1.29, 1.82) is 0 Å². The second-order valence-corrected chi connectivity index (χ2v) is 6.76. The van der Waals surface area contributed by atoms with Crippen molar-refractivity contribution in [3.05, 3.63) is 113 Å². The maximum Gasteiger partial charge on any atom is 0.226 e. The summed E-state index contributed by atoms with van der Waals surface area (Å²) in [4.78, 5) is 29.0. The Balaban J connectivity index is 1.73. The second kappa shape index (κ2) is 8.58. The number of rotatable bonds is 7. The van der Waals surface area contributed by atoms with E-state index >= 15 is 0 Å². The van der Waals surface area contributed by atoms with Crippen molar-refractivity contribution in [2.24, 2.45) is 0 Å². The lowest BCUT2D eigenvalue weighted by Gasteiger charge is -2.09. The molecule has 2 heterocycles. The molecule has 0 fully saturated rings. The molecule has 0 amide bonds. The number of H-pyrrole nitrogens is 1. The summed E-state index contributed by atoms with van der Waals surface area (Å²) in [6.45, 7) is 0.0733. The minimum absolute atomic E-state index is 0.0297. The van der Waals surface area contributed by atoms with Gasteiger partial charge in [0.2, 0.25) is 11.6 Å². The van der Waals surface area contributed by atoms with Gasteiger partial charge in [0.15, 0.2) is 5.82 Å². The number of aliphatic hydroxyl groups excluding tert-OH is 1. The van der Waals surface area contributed by atoms with E-state index in [9.17, 15) is 19.1 Å². The molecule has 0 bridgehead atoms. The van der Waals surface area contributed by atoms with E-state index in [2.05, 4.69) is 15.2 Å². The highest BCUT2D eigenvalue weighted by Crippen LogP contribution is 2.21. The number of hydrogen-bond donors (Lipinski definition) is 2. The number of halogens is 1. The Morgan fingerprint density at radius 3 is 2.52 bits per heavy atom. The van der Waals surface area contributed by atoms with Crippen LogP contribution in [-0.2, 0) is 6.54 Å². The van der Waals surface area contributed by atoms with Crippen molar-refractivity contribution in [2.75, 3.05) is 0 Å². The van der Waals surface area contributed by atoms with Gasteiger partial charge in [0.05, 0.1) is 12.2 Å². The lowest BCUT2D eigenvalue weighted by atomic mass is 10.1. The highest BCUT2D eigenvalue weighted by atomic mass is 19.1. The summed E-state index contributed by atoms with van der Waals surface area (Å²) in [5, 5.41) is 16.5. The van der Waals surface area contributed by atoms with Crippen molar-refractivity contribution in [3.8, 4) is 0 Å². The largest absolute Gasteiger partial charge is 0.507 e. The van der Waals surface area contributed by atoms with Crippen molar-refractivity contribution >= 4 is 17.3 Å². The van der Waals surface area contributed by atoms with Crippen LogP contribution >= 0.6 is 0 Å². The fourth-order valence-corrected chi connectivity index (χ4v) is 3.12. The van der Waals surface area contributed by atoms with Crippen LogP contribution in [0.1, 0.15) is 37.8 Å². The van der Waals surface area contributed by atoms with Crippen LogP contribution in [-0.4, -0.2) is 36.4 Å². The lowest BCUT2D eigenvalue weighted by molar-refractivity contribution is 0.102. The van der Waals surface area contributed by atoms with E-state index < -0.39 is 11.6 Å². The van der Waals surface area contributed by atoms with Gasteiger partial charge in [-0.15, -0.1) is 0 Å². The van der Waals surface area contributed by atoms with Gasteiger partial charge in [0.25, 0.3) is 0 Å². The molecule has 4 aromatic rings. The Kier molecular flexibility index (Phi) is 5.53. The van der Waals surface area contributed by atoms with Gasteiger partial charge >= 0.3 is 0 Å². The standard InChI is InChI=1S/C23H17FN4O3/c24-18-9-5-4-8-16(18)12-28-13-17(20(29)11-21(30)23-25-14-26-27-23)10-19(28)22(31)15-6-2-1-3-7-15/h1-11,13-14,29H,12H2,(H,25,26,27). The normalized spacial score (nSPS) is 11.5. The van der Waals surface area contributed by atoms with Crippen molar-refractivity contribution in [2.45, 2.75) is 6.54 Å². The Morgan fingerprint density at radius 2 is 1.81 bits per heavy atom. The molecule has 0 radical (unpaired) electrons. The molecule has 0 atom stereocenters. The van der Waals surface area contributed by atoms with Crippen LogP contribution in [0.2, 0.25) is 0 Å². The monoisotopic (exact) mass is 416 g/mol. The minimum atomic E-state index is -0.576. The summed E-state index contributed by atoms with van der Waals surface area (Å²) in [6.07, 6.45) is 3.67. The number of ketones is 2. The number of aliphatic hydroxyl groups is 1. The summed E-state index contributed by atoms with van der Waals surface area (Å²) in [5.41, 5.74) is 1.32. The summed E-state index contributed by atoms with van der Waals surface area (Å²) in [7, 11) is 0. The van der Waals surface area contributed by atoms with E-state index in [4.69, 9.17) is 0 Å². The molecule has 8 heteroatoms. The predicted molar refractivity (Wildman–Crippen MR) is 111 cm³/mol. The van der Waals surface area contributed by atoms with Crippen molar-refractivity contribution in [3.63, 3.8) is 0 Å². The van der Waals surface area contributed by atoms with Crippen LogP contribution in [0.25, 0.3) is 5.76 Å². The molecule has 2 aromatic heterocycles. The van der Waals surface area contributed by atoms with E-state index in [1.807, 2.05) is 0 Å². The number of nitrogens with zero attached hydrogens (tertiary/aromatic N) is 3. The van der Waals surface area contributed by atoms with Crippen LogP contribution in [0.4, 0.5) is 4.39 Å². The third-order valence-corrected chi connectivity index (χ3v) is 4.68. The van der Waals surface area contributed by atoms with Crippen LogP contribution in [0.3, 0.4) is 0 Å². The maximum atomic E-state index is 14.2. The highest BCUT2D eigenvalue weighted by Gasteiger charge is 2.19. The number of aromatic amines is 1. The molecular formula is C23H17FN4O3. The van der Waals surface area contributed by atoms with Crippen LogP contribution in [0.5, 0.6) is 0 Å². The van der Waals surface area contributed by atoms with Gasteiger partial charge in [-0.05, 0) is 12.1 Å². The number of carbonyl (C=O) groups is 2. The van der Waals surface area contributed by atoms with E-state index in [0.29, 0.717) is 11.1 Å². The zero-order chi connectivity index (χ0) is 21.8. The average molecular weight is 416 g/mol. The molecule has 2 aromatic carbocycles. The molecule has 0 aliphatic carbocycles. The van der Waals surface area contributed by atoms with Gasteiger partial charge in [-0.2, -0.15) is 5.10 Å². The van der Waals surface area contributed by atoms with Crippen molar-refractivity contribution < 1.29 is 19.1 Å². The molecule has 0 aliphatic heterocycles. The molecule has 2 N–H and O–H groups in total. The number of hydrogen-bond acceptors (Lipinski definition) is 5. The smallest absolute Gasteiger partial charge is 0.226 e. The van der Waals surface area contributed by atoms with E-state index in [0.717, 1.165) is 6.08 Å². The summed E-state index contributed by atoms with van der Waals surface area (Å²) >= 11 is 0. The average Bonchev–Trinajstić information content (AvgIpc) is 3.46. The molecule has 7 nitrogen and oxygen atoms in total. The van der Waals surface area contributed by atoms with Crippen LogP contribution < -0.4 is 0 Å². The lowest BCUT2D eigenvalue weighted by Crippen LogP contribution is -2.11. The molecule has 0 spiro atoms. The summed E-state index contributed by atoms with van der Waals surface area (Å²) in [6, 6.07) is 16.3. The second-order valence-electron chi connectivity index (χ2n) is 6.76. The van der Waals surface area contributed by atoms with Gasteiger partial charge < -0.3 is 9.67 Å². The number of aromatic nitrogens is 4. The molecule has 0 saturated heterocycles. The number of allylic oxidation sites excluding steroid dienone is 1. The molecule has 31 heavy (non-hydrogen) atoms. The predicted octanol–water partition coefficient (Wildman–Crippen LogP) is 3.81. The van der Waals surface area contributed by atoms with E-state index in [-0.39, 0.29) is 35.2 Å². The first-order chi connectivity index (χ1) is 15.0. The fraction of sp³-hybridized carbons (Fsp3) is 0.0435. The SMILES string of the molecule is O=C(C=C(O)c1cc(C(=O)c2ccccc2)n(Cc2ccccc2F)c1)c1ncn[nH]1. The topological polar surface area (TPSA) is 101 Å². The number of nitrogens with one attached hydrogen (secondary N) is 1. The highest BCUT2D eigenvalue weighted by molar-refractivity contribution is 6.09.